The number of ether oxygens (including phenoxy) is 2. The van der Waals surface area contributed by atoms with E-state index in [1.54, 1.807) is 0 Å². The fourth-order valence-corrected chi connectivity index (χ4v) is 2.32. The zero-order chi connectivity index (χ0) is 17.4. The summed E-state index contributed by atoms with van der Waals surface area (Å²) in [6, 6.07) is 11.6. The third-order valence-electron chi connectivity index (χ3n) is 3.67. The molecular weight excluding hydrogens is 300 g/mol. The van der Waals surface area contributed by atoms with Crippen LogP contribution in [0.1, 0.15) is 33.6 Å². The SMILES string of the molecule is CC(C)(C)CCCOCCOc1ccc(-c2ccc(N)cc2)cn1. The molecule has 0 aliphatic rings. The van der Waals surface area contributed by atoms with Gasteiger partial charge in [-0.25, -0.2) is 4.98 Å². The van der Waals surface area contributed by atoms with Gasteiger partial charge in [0.05, 0.1) is 6.61 Å². The van der Waals surface area contributed by atoms with Gasteiger partial charge in [-0.2, -0.15) is 0 Å². The van der Waals surface area contributed by atoms with Gasteiger partial charge in [0, 0.05) is 30.1 Å². The van der Waals surface area contributed by atoms with Gasteiger partial charge in [-0.3, -0.25) is 0 Å². The van der Waals surface area contributed by atoms with E-state index < -0.39 is 0 Å². The molecule has 4 heteroatoms. The molecule has 2 aromatic rings. The standard InChI is InChI=1S/C20H28N2O2/c1-20(2,3)11-4-12-23-13-14-24-19-10-7-17(15-22-19)16-5-8-18(21)9-6-16/h5-10,15H,4,11-14,21H2,1-3H3. The van der Waals surface area contributed by atoms with Crippen LogP contribution in [0, 0.1) is 5.41 Å². The van der Waals surface area contributed by atoms with Gasteiger partial charge in [0.15, 0.2) is 0 Å². The third kappa shape index (κ3) is 6.59. The molecule has 0 saturated carbocycles. The molecule has 2 rings (SSSR count). The molecule has 2 N–H and O–H groups in total. The van der Waals surface area contributed by atoms with Crippen LogP contribution in [-0.4, -0.2) is 24.8 Å². The van der Waals surface area contributed by atoms with E-state index in [-0.39, 0.29) is 0 Å². The quantitative estimate of drug-likeness (QED) is 0.570. The summed E-state index contributed by atoms with van der Waals surface area (Å²) in [7, 11) is 0. The zero-order valence-electron chi connectivity index (χ0n) is 14.9. The van der Waals surface area contributed by atoms with Gasteiger partial charge in [0.2, 0.25) is 5.88 Å². The normalized spacial score (nSPS) is 11.5. The molecular formula is C20H28N2O2. The number of aromatic nitrogens is 1. The fraction of sp³-hybridized carbons (Fsp3) is 0.450. The molecule has 24 heavy (non-hydrogen) atoms. The van der Waals surface area contributed by atoms with E-state index in [9.17, 15) is 0 Å². The molecule has 0 aliphatic heterocycles. The highest BCUT2D eigenvalue weighted by Crippen LogP contribution is 2.21. The van der Waals surface area contributed by atoms with Gasteiger partial charge in [-0.15, -0.1) is 0 Å². The number of nitrogens with zero attached hydrogens (tertiary/aromatic N) is 1. The number of nitrogens with two attached hydrogens (primary N) is 1. The van der Waals surface area contributed by atoms with Crippen molar-refractivity contribution in [2.45, 2.75) is 33.6 Å². The molecule has 0 amide bonds. The van der Waals surface area contributed by atoms with Crippen LogP contribution in [0.2, 0.25) is 0 Å². The Labute approximate surface area is 145 Å². The van der Waals surface area contributed by atoms with E-state index in [1.807, 2.05) is 42.6 Å². The summed E-state index contributed by atoms with van der Waals surface area (Å²) < 4.78 is 11.2. The van der Waals surface area contributed by atoms with Crippen molar-refractivity contribution in [3.63, 3.8) is 0 Å². The molecule has 4 nitrogen and oxygen atoms in total. The number of nitrogen functional groups attached to an aromatic ring is 1. The van der Waals surface area contributed by atoms with E-state index >= 15 is 0 Å². The molecule has 0 atom stereocenters. The fourth-order valence-electron chi connectivity index (χ4n) is 2.32. The van der Waals surface area contributed by atoms with Gasteiger partial charge in [0.25, 0.3) is 0 Å². The van der Waals surface area contributed by atoms with Gasteiger partial charge in [0.1, 0.15) is 6.61 Å². The van der Waals surface area contributed by atoms with Gasteiger partial charge >= 0.3 is 0 Å². The van der Waals surface area contributed by atoms with E-state index in [0.717, 1.165) is 29.8 Å². The Morgan fingerprint density at radius 2 is 1.62 bits per heavy atom. The summed E-state index contributed by atoms with van der Waals surface area (Å²) in [5, 5.41) is 0. The third-order valence-corrected chi connectivity index (χ3v) is 3.67. The molecule has 1 heterocycles. The largest absolute Gasteiger partial charge is 0.475 e. The van der Waals surface area contributed by atoms with Crippen molar-refractivity contribution in [1.82, 2.24) is 4.98 Å². The topological polar surface area (TPSA) is 57.4 Å². The Hall–Kier alpha value is -2.07. The average molecular weight is 328 g/mol. The lowest BCUT2D eigenvalue weighted by molar-refractivity contribution is 0.0910. The van der Waals surface area contributed by atoms with E-state index in [2.05, 4.69) is 25.8 Å². The van der Waals surface area contributed by atoms with Crippen LogP contribution < -0.4 is 10.5 Å². The molecule has 0 fully saturated rings. The van der Waals surface area contributed by atoms with Crippen LogP contribution in [0.15, 0.2) is 42.6 Å². The lowest BCUT2D eigenvalue weighted by Gasteiger charge is -2.17. The first kappa shape index (κ1) is 18.3. The van der Waals surface area contributed by atoms with Crippen LogP contribution in [0.25, 0.3) is 11.1 Å². The second kappa shape index (κ2) is 8.69. The van der Waals surface area contributed by atoms with Crippen molar-refractivity contribution in [3.05, 3.63) is 42.6 Å². The summed E-state index contributed by atoms with van der Waals surface area (Å²) in [6.07, 6.45) is 4.06. The van der Waals surface area contributed by atoms with E-state index in [0.29, 0.717) is 24.5 Å². The molecule has 0 radical (unpaired) electrons. The Kier molecular flexibility index (Phi) is 6.62. The first-order valence-corrected chi connectivity index (χ1v) is 8.46. The van der Waals surface area contributed by atoms with Crippen LogP contribution >= 0.6 is 0 Å². The Morgan fingerprint density at radius 3 is 2.25 bits per heavy atom. The summed E-state index contributed by atoms with van der Waals surface area (Å²) in [5.41, 5.74) is 8.96. The first-order valence-electron chi connectivity index (χ1n) is 8.46. The minimum absolute atomic E-state index is 0.371. The Morgan fingerprint density at radius 1 is 0.917 bits per heavy atom. The minimum Gasteiger partial charge on any atom is -0.475 e. The van der Waals surface area contributed by atoms with Crippen molar-refractivity contribution in [2.75, 3.05) is 25.6 Å². The highest BCUT2D eigenvalue weighted by atomic mass is 16.5. The molecule has 0 spiro atoms. The van der Waals surface area contributed by atoms with Gasteiger partial charge < -0.3 is 15.2 Å². The van der Waals surface area contributed by atoms with E-state index in [4.69, 9.17) is 15.2 Å². The average Bonchev–Trinajstić information content (AvgIpc) is 2.54. The number of pyridine rings is 1. The van der Waals surface area contributed by atoms with Crippen LogP contribution in [0.3, 0.4) is 0 Å². The molecule has 130 valence electrons. The summed E-state index contributed by atoms with van der Waals surface area (Å²) in [6.45, 7) is 8.63. The Bertz CT molecular complexity index is 601. The number of hydrogen-bond donors (Lipinski definition) is 1. The van der Waals surface area contributed by atoms with Gasteiger partial charge in [-0.1, -0.05) is 32.9 Å². The second-order valence-electron chi connectivity index (χ2n) is 7.13. The van der Waals surface area contributed by atoms with E-state index in [1.165, 1.54) is 6.42 Å². The van der Waals surface area contributed by atoms with Crippen molar-refractivity contribution in [2.24, 2.45) is 5.41 Å². The molecule has 0 bridgehead atoms. The monoisotopic (exact) mass is 328 g/mol. The zero-order valence-corrected chi connectivity index (χ0v) is 14.9. The summed E-state index contributed by atoms with van der Waals surface area (Å²) >= 11 is 0. The van der Waals surface area contributed by atoms with Crippen molar-refractivity contribution < 1.29 is 9.47 Å². The molecule has 0 saturated heterocycles. The summed E-state index contributed by atoms with van der Waals surface area (Å²) in [5.74, 6) is 0.618. The molecule has 1 aromatic heterocycles. The minimum atomic E-state index is 0.371. The predicted octanol–water partition coefficient (Wildman–Crippen LogP) is 4.55. The number of benzene rings is 1. The number of hydrogen-bond acceptors (Lipinski definition) is 4. The maximum Gasteiger partial charge on any atom is 0.213 e. The first-order chi connectivity index (χ1) is 11.4. The van der Waals surface area contributed by atoms with Crippen molar-refractivity contribution >= 4 is 5.69 Å². The highest BCUT2D eigenvalue weighted by Gasteiger charge is 2.08. The van der Waals surface area contributed by atoms with Crippen LogP contribution in [-0.2, 0) is 4.74 Å². The van der Waals surface area contributed by atoms with Crippen LogP contribution in [0.4, 0.5) is 5.69 Å². The molecule has 0 unspecified atom stereocenters. The second-order valence-corrected chi connectivity index (χ2v) is 7.13. The van der Waals surface area contributed by atoms with Crippen LogP contribution in [0.5, 0.6) is 5.88 Å². The molecule has 1 aromatic carbocycles. The summed E-state index contributed by atoms with van der Waals surface area (Å²) in [4.78, 5) is 4.33. The maximum atomic E-state index is 5.70. The highest BCUT2D eigenvalue weighted by molar-refractivity contribution is 5.64. The van der Waals surface area contributed by atoms with Crippen molar-refractivity contribution in [1.29, 1.82) is 0 Å². The Balaban J connectivity index is 1.68. The lowest BCUT2D eigenvalue weighted by atomic mass is 9.91. The van der Waals surface area contributed by atoms with Crippen molar-refractivity contribution in [3.8, 4) is 17.0 Å². The number of rotatable bonds is 8. The smallest absolute Gasteiger partial charge is 0.213 e. The predicted molar refractivity (Wildman–Crippen MR) is 99.1 cm³/mol. The molecule has 0 aliphatic carbocycles. The van der Waals surface area contributed by atoms with Gasteiger partial charge in [-0.05, 0) is 42.0 Å². The maximum absolute atomic E-state index is 5.70. The number of anilines is 1. The lowest BCUT2D eigenvalue weighted by Crippen LogP contribution is -2.10.